The van der Waals surface area contributed by atoms with Crippen LogP contribution in [0.15, 0.2) is 42.9 Å². The lowest BCUT2D eigenvalue weighted by Crippen LogP contribution is -2.45. The molecule has 0 aliphatic carbocycles. The van der Waals surface area contributed by atoms with Crippen LogP contribution in [0, 0.1) is 0 Å². The number of aromatic amines is 1. The maximum atomic E-state index is 13.4. The fraction of sp³-hybridized carbons (Fsp3) is 0.417. The molecule has 0 radical (unpaired) electrons. The summed E-state index contributed by atoms with van der Waals surface area (Å²) < 4.78 is 0. The number of halogens is 1. The third-order valence-electron chi connectivity index (χ3n) is 6.65. The zero-order chi connectivity index (χ0) is 22.3. The van der Waals surface area contributed by atoms with Crippen molar-refractivity contribution in [2.75, 3.05) is 24.5 Å². The van der Waals surface area contributed by atoms with Crippen LogP contribution in [0.25, 0.3) is 0 Å². The number of amides is 1. The first-order valence-electron chi connectivity index (χ1n) is 11.1. The molecule has 2 aliphatic heterocycles. The third kappa shape index (κ3) is 3.97. The van der Waals surface area contributed by atoms with Gasteiger partial charge in [-0.25, -0.2) is 4.98 Å². The lowest BCUT2D eigenvalue weighted by Gasteiger charge is -2.37. The molecule has 0 unspecified atom stereocenters. The topological polar surface area (TPSA) is 78.0 Å². The maximum absolute atomic E-state index is 13.4. The molecule has 0 saturated carbocycles. The Morgan fingerprint density at radius 3 is 2.69 bits per heavy atom. The van der Waals surface area contributed by atoms with E-state index in [4.69, 9.17) is 11.6 Å². The molecule has 8 heteroatoms. The van der Waals surface area contributed by atoms with Gasteiger partial charge in [0.1, 0.15) is 11.0 Å². The Balaban J connectivity index is 1.33. The second kappa shape index (κ2) is 8.20. The van der Waals surface area contributed by atoms with E-state index < -0.39 is 0 Å². The molecule has 7 nitrogen and oxygen atoms in total. The quantitative estimate of drug-likeness (QED) is 0.606. The van der Waals surface area contributed by atoms with Gasteiger partial charge in [-0.2, -0.15) is 5.10 Å². The average molecular weight is 451 g/mol. The number of nitrogens with zero attached hydrogens (tertiary/aromatic N) is 5. The van der Waals surface area contributed by atoms with Crippen LogP contribution in [-0.2, 0) is 12.0 Å². The summed E-state index contributed by atoms with van der Waals surface area (Å²) in [7, 11) is 0. The molecule has 1 saturated heterocycles. The van der Waals surface area contributed by atoms with Crippen LogP contribution in [0.1, 0.15) is 59.8 Å². The van der Waals surface area contributed by atoms with Gasteiger partial charge in [-0.3, -0.25) is 14.9 Å². The van der Waals surface area contributed by atoms with Crippen LogP contribution >= 0.6 is 11.6 Å². The highest BCUT2D eigenvalue weighted by Gasteiger charge is 2.36. The molecular weight excluding hydrogens is 424 g/mol. The van der Waals surface area contributed by atoms with Gasteiger partial charge >= 0.3 is 0 Å². The van der Waals surface area contributed by atoms with Crippen LogP contribution in [-0.4, -0.2) is 50.6 Å². The molecule has 0 bridgehead atoms. The van der Waals surface area contributed by atoms with Crippen LogP contribution < -0.4 is 4.90 Å². The zero-order valence-electron chi connectivity index (χ0n) is 18.4. The van der Waals surface area contributed by atoms with E-state index in [0.29, 0.717) is 29.7 Å². The zero-order valence-corrected chi connectivity index (χ0v) is 19.1. The Morgan fingerprint density at radius 1 is 1.19 bits per heavy atom. The van der Waals surface area contributed by atoms with Gasteiger partial charge in [-0.05, 0) is 48.6 Å². The Kier molecular flexibility index (Phi) is 5.37. The fourth-order valence-corrected chi connectivity index (χ4v) is 5.21. The molecule has 0 spiro atoms. The number of fused-ring (bicyclic) bond motifs is 1. The van der Waals surface area contributed by atoms with Gasteiger partial charge < -0.3 is 9.80 Å². The summed E-state index contributed by atoms with van der Waals surface area (Å²) in [5.74, 6) is 1.27. The summed E-state index contributed by atoms with van der Waals surface area (Å²) in [4.78, 5) is 26.2. The molecule has 0 aromatic carbocycles. The van der Waals surface area contributed by atoms with Crippen molar-refractivity contribution >= 4 is 23.3 Å². The first kappa shape index (κ1) is 20.9. The van der Waals surface area contributed by atoms with Crippen molar-refractivity contribution in [3.63, 3.8) is 0 Å². The molecule has 5 heterocycles. The molecule has 1 N–H and O–H groups in total. The Bertz CT molecular complexity index is 1120. The predicted octanol–water partition coefficient (Wildman–Crippen LogP) is 4.17. The highest BCUT2D eigenvalue weighted by Crippen LogP contribution is 2.34. The molecule has 1 fully saturated rings. The van der Waals surface area contributed by atoms with Crippen molar-refractivity contribution in [2.24, 2.45) is 0 Å². The number of H-pyrrole nitrogens is 1. The minimum absolute atomic E-state index is 0.0258. The molecule has 166 valence electrons. The van der Waals surface area contributed by atoms with Crippen LogP contribution in [0.4, 0.5) is 5.82 Å². The van der Waals surface area contributed by atoms with Crippen molar-refractivity contribution in [1.29, 1.82) is 0 Å². The second-order valence-electron chi connectivity index (χ2n) is 9.39. The van der Waals surface area contributed by atoms with E-state index in [1.165, 1.54) is 5.56 Å². The van der Waals surface area contributed by atoms with E-state index in [9.17, 15) is 4.79 Å². The van der Waals surface area contributed by atoms with Gasteiger partial charge in [0.25, 0.3) is 5.91 Å². The number of piperidine rings is 1. The number of carbonyl (C=O) groups is 1. The summed E-state index contributed by atoms with van der Waals surface area (Å²) >= 11 is 6.37. The molecule has 5 rings (SSSR count). The molecule has 1 amide bonds. The van der Waals surface area contributed by atoms with Crippen molar-refractivity contribution < 1.29 is 4.79 Å². The first-order chi connectivity index (χ1) is 15.4. The number of carbonyl (C=O) groups excluding carboxylic acids is 1. The summed E-state index contributed by atoms with van der Waals surface area (Å²) in [6, 6.07) is 7.76. The summed E-state index contributed by atoms with van der Waals surface area (Å²) in [6.45, 7) is 7.17. The first-order valence-corrected chi connectivity index (χ1v) is 11.4. The van der Waals surface area contributed by atoms with Gasteiger partial charge in [0, 0.05) is 60.8 Å². The van der Waals surface area contributed by atoms with Gasteiger partial charge in [0.15, 0.2) is 0 Å². The van der Waals surface area contributed by atoms with E-state index in [1.807, 2.05) is 29.6 Å². The van der Waals surface area contributed by atoms with Gasteiger partial charge in [0.05, 0.1) is 6.20 Å². The summed E-state index contributed by atoms with van der Waals surface area (Å²) in [5, 5.41) is 7.62. The standard InChI is InChI=1S/C24H27ClN6O/c1-24(2)15-31(14-19-13-27-29-22(19)24)23(32)18-11-20(25)28-21(12-18)30-9-5-17(6-10-30)16-3-7-26-8-4-16/h3-4,7-8,11-13,17H,5-6,9-10,14-15H2,1-2H3,(H,27,29). The normalized spacial score (nSPS) is 18.5. The Morgan fingerprint density at radius 2 is 1.94 bits per heavy atom. The Hall–Kier alpha value is -2.93. The molecule has 2 aliphatic rings. The summed E-state index contributed by atoms with van der Waals surface area (Å²) in [5.41, 5.74) is 3.90. The smallest absolute Gasteiger partial charge is 0.254 e. The highest BCUT2D eigenvalue weighted by atomic mass is 35.5. The van der Waals surface area contributed by atoms with Crippen LogP contribution in [0.3, 0.4) is 0 Å². The van der Waals surface area contributed by atoms with Crippen molar-refractivity contribution in [3.8, 4) is 0 Å². The van der Waals surface area contributed by atoms with Gasteiger partial charge in [-0.15, -0.1) is 0 Å². The Labute approximate surface area is 192 Å². The van der Waals surface area contributed by atoms with E-state index in [0.717, 1.165) is 43.0 Å². The van der Waals surface area contributed by atoms with Crippen LogP contribution in [0.5, 0.6) is 0 Å². The van der Waals surface area contributed by atoms with Crippen molar-refractivity contribution in [3.05, 3.63) is 70.4 Å². The SMILES string of the molecule is CC1(C)CN(C(=O)c2cc(Cl)nc(N3CCC(c4ccncc4)CC3)c2)Cc2cn[nH]c21. The van der Waals surface area contributed by atoms with E-state index in [-0.39, 0.29) is 11.3 Å². The number of hydrogen-bond donors (Lipinski definition) is 1. The lowest BCUT2D eigenvalue weighted by atomic mass is 9.83. The largest absolute Gasteiger partial charge is 0.357 e. The second-order valence-corrected chi connectivity index (χ2v) is 9.78. The predicted molar refractivity (Wildman–Crippen MR) is 124 cm³/mol. The molecular formula is C24H27ClN6O. The monoisotopic (exact) mass is 450 g/mol. The lowest BCUT2D eigenvalue weighted by molar-refractivity contribution is 0.0684. The average Bonchev–Trinajstić information content (AvgIpc) is 3.28. The van der Waals surface area contributed by atoms with Crippen molar-refractivity contribution in [1.82, 2.24) is 25.1 Å². The third-order valence-corrected chi connectivity index (χ3v) is 6.85. The number of rotatable bonds is 3. The minimum Gasteiger partial charge on any atom is -0.357 e. The number of pyridine rings is 2. The maximum Gasteiger partial charge on any atom is 0.254 e. The van der Waals surface area contributed by atoms with E-state index in [1.54, 1.807) is 6.07 Å². The van der Waals surface area contributed by atoms with E-state index in [2.05, 4.69) is 51.0 Å². The summed E-state index contributed by atoms with van der Waals surface area (Å²) in [6.07, 6.45) is 7.59. The molecule has 3 aromatic rings. The molecule has 32 heavy (non-hydrogen) atoms. The fourth-order valence-electron chi connectivity index (χ4n) is 5.01. The highest BCUT2D eigenvalue weighted by molar-refractivity contribution is 6.29. The minimum atomic E-state index is -0.186. The number of hydrogen-bond acceptors (Lipinski definition) is 5. The van der Waals surface area contributed by atoms with Crippen molar-refractivity contribution in [2.45, 2.75) is 44.6 Å². The number of anilines is 1. The van der Waals surface area contributed by atoms with Gasteiger partial charge in [-0.1, -0.05) is 25.4 Å². The van der Waals surface area contributed by atoms with Crippen LogP contribution in [0.2, 0.25) is 5.15 Å². The van der Waals surface area contributed by atoms with Gasteiger partial charge in [0.2, 0.25) is 0 Å². The number of aromatic nitrogens is 4. The molecule has 0 atom stereocenters. The van der Waals surface area contributed by atoms with E-state index >= 15 is 0 Å². The number of nitrogens with one attached hydrogen (secondary N) is 1. The molecule has 3 aromatic heterocycles.